The maximum atomic E-state index is 13.2. The summed E-state index contributed by atoms with van der Waals surface area (Å²) in [5.41, 5.74) is 0.838. The van der Waals surface area contributed by atoms with E-state index in [0.717, 1.165) is 0 Å². The van der Waals surface area contributed by atoms with Gasteiger partial charge in [-0.3, -0.25) is 13.8 Å². The molecule has 8 nitrogen and oxygen atoms in total. The van der Waals surface area contributed by atoms with Crippen molar-refractivity contribution in [1.29, 1.82) is 0 Å². The molecule has 0 bridgehead atoms. The van der Waals surface area contributed by atoms with Crippen LogP contribution < -0.4 is 14.4 Å². The summed E-state index contributed by atoms with van der Waals surface area (Å²) in [5.74, 6) is 0.0116. The first kappa shape index (κ1) is 20.4. The quantitative estimate of drug-likeness (QED) is 0.612. The van der Waals surface area contributed by atoms with E-state index in [0.29, 0.717) is 11.4 Å². The normalized spacial score (nSPS) is 11.1. The van der Waals surface area contributed by atoms with Gasteiger partial charge in [0.05, 0.1) is 23.4 Å². The fourth-order valence-electron chi connectivity index (χ4n) is 2.89. The van der Waals surface area contributed by atoms with Crippen LogP contribution in [0.25, 0.3) is 0 Å². The van der Waals surface area contributed by atoms with E-state index < -0.39 is 10.0 Å². The number of ether oxygens (including phenoxy) is 1. The Morgan fingerprint density at radius 2 is 1.93 bits per heavy atom. The molecule has 3 aromatic rings. The first-order valence-electron chi connectivity index (χ1n) is 8.99. The van der Waals surface area contributed by atoms with Crippen LogP contribution in [0, 0.1) is 0 Å². The van der Waals surface area contributed by atoms with E-state index in [2.05, 4.69) is 10.4 Å². The lowest BCUT2D eigenvalue weighted by Gasteiger charge is -2.23. The van der Waals surface area contributed by atoms with E-state index >= 15 is 0 Å². The number of anilines is 2. The van der Waals surface area contributed by atoms with E-state index in [9.17, 15) is 13.2 Å². The van der Waals surface area contributed by atoms with Crippen molar-refractivity contribution in [1.82, 2.24) is 9.78 Å². The van der Waals surface area contributed by atoms with Crippen molar-refractivity contribution < 1.29 is 17.9 Å². The second-order valence-corrected chi connectivity index (χ2v) is 7.98. The summed E-state index contributed by atoms with van der Waals surface area (Å²) in [7, 11) is -2.38. The lowest BCUT2D eigenvalue weighted by molar-refractivity contribution is -0.116. The number of rotatable bonds is 8. The van der Waals surface area contributed by atoms with Crippen LogP contribution in [0.5, 0.6) is 5.75 Å². The van der Waals surface area contributed by atoms with Gasteiger partial charge in [0.2, 0.25) is 5.91 Å². The van der Waals surface area contributed by atoms with Crippen molar-refractivity contribution in [2.24, 2.45) is 0 Å². The minimum Gasteiger partial charge on any atom is -0.495 e. The average Bonchev–Trinajstić information content (AvgIpc) is 3.22. The minimum atomic E-state index is -3.83. The molecule has 0 saturated heterocycles. The van der Waals surface area contributed by atoms with Crippen molar-refractivity contribution in [3.63, 3.8) is 0 Å². The number of nitrogens with one attached hydrogen (secondary N) is 1. The molecular formula is C20H22N4O4S. The summed E-state index contributed by atoms with van der Waals surface area (Å²) in [5, 5.41) is 6.69. The molecule has 1 heterocycles. The molecule has 1 aromatic heterocycles. The number of nitrogens with zero attached hydrogens (tertiary/aromatic N) is 3. The summed E-state index contributed by atoms with van der Waals surface area (Å²) in [4.78, 5) is 12.4. The van der Waals surface area contributed by atoms with Gasteiger partial charge < -0.3 is 10.1 Å². The fraction of sp³-hybridized carbons (Fsp3) is 0.200. The molecule has 2 aromatic carbocycles. The highest BCUT2D eigenvalue weighted by atomic mass is 32.2. The molecule has 1 N–H and O–H groups in total. The van der Waals surface area contributed by atoms with Gasteiger partial charge in [-0.15, -0.1) is 0 Å². The van der Waals surface area contributed by atoms with Crippen LogP contribution in [0.2, 0.25) is 0 Å². The lowest BCUT2D eigenvalue weighted by Crippen LogP contribution is -2.30. The van der Waals surface area contributed by atoms with Gasteiger partial charge in [0.1, 0.15) is 12.3 Å². The molecule has 0 fully saturated rings. The molecule has 29 heavy (non-hydrogen) atoms. The predicted molar refractivity (Wildman–Crippen MR) is 110 cm³/mol. The van der Waals surface area contributed by atoms with Gasteiger partial charge in [-0.25, -0.2) is 8.42 Å². The van der Waals surface area contributed by atoms with E-state index in [1.807, 2.05) is 6.07 Å². The van der Waals surface area contributed by atoms with Gasteiger partial charge in [0.15, 0.2) is 0 Å². The Hall–Kier alpha value is -3.33. The van der Waals surface area contributed by atoms with Crippen molar-refractivity contribution in [2.75, 3.05) is 23.3 Å². The predicted octanol–water partition coefficient (Wildman–Crippen LogP) is 2.75. The molecule has 0 aliphatic carbocycles. The van der Waals surface area contributed by atoms with Crippen LogP contribution in [0.1, 0.15) is 6.92 Å². The molecular weight excluding hydrogens is 392 g/mol. The van der Waals surface area contributed by atoms with E-state index in [-0.39, 0.29) is 29.6 Å². The van der Waals surface area contributed by atoms with Crippen molar-refractivity contribution >= 4 is 27.3 Å². The monoisotopic (exact) mass is 414 g/mol. The van der Waals surface area contributed by atoms with Crippen molar-refractivity contribution in [3.05, 3.63) is 67.0 Å². The number of hydrogen-bond acceptors (Lipinski definition) is 5. The van der Waals surface area contributed by atoms with Crippen LogP contribution in [-0.2, 0) is 21.4 Å². The highest BCUT2D eigenvalue weighted by Crippen LogP contribution is 2.30. The van der Waals surface area contributed by atoms with Crippen molar-refractivity contribution in [2.45, 2.75) is 18.4 Å². The van der Waals surface area contributed by atoms with Gasteiger partial charge in [0, 0.05) is 18.9 Å². The molecule has 1 amide bonds. The summed E-state index contributed by atoms with van der Waals surface area (Å²) < 4.78 is 34.5. The van der Waals surface area contributed by atoms with Crippen LogP contribution in [0.3, 0.4) is 0 Å². The van der Waals surface area contributed by atoms with E-state index in [4.69, 9.17) is 4.74 Å². The first-order valence-corrected chi connectivity index (χ1v) is 10.4. The average molecular weight is 414 g/mol. The number of sulfonamides is 1. The molecule has 3 rings (SSSR count). The Balaban J connectivity index is 1.91. The van der Waals surface area contributed by atoms with E-state index in [1.54, 1.807) is 49.6 Å². The van der Waals surface area contributed by atoms with Gasteiger partial charge in [-0.1, -0.05) is 18.2 Å². The summed E-state index contributed by atoms with van der Waals surface area (Å²) in [6.07, 6.45) is 3.24. The highest BCUT2D eigenvalue weighted by Gasteiger charge is 2.25. The number of methoxy groups -OCH3 is 1. The van der Waals surface area contributed by atoms with Crippen LogP contribution in [-0.4, -0.2) is 37.8 Å². The summed E-state index contributed by atoms with van der Waals surface area (Å²) in [6, 6.07) is 15.0. The molecule has 152 valence electrons. The number of para-hydroxylation sites is 1. The molecule has 9 heteroatoms. The fourth-order valence-corrected chi connectivity index (χ4v) is 4.39. The first-order chi connectivity index (χ1) is 14.0. The molecule has 0 saturated carbocycles. The second-order valence-electron chi connectivity index (χ2n) is 6.12. The Kier molecular flexibility index (Phi) is 6.18. The van der Waals surface area contributed by atoms with Crippen LogP contribution >= 0.6 is 0 Å². The third-order valence-electron chi connectivity index (χ3n) is 4.23. The lowest BCUT2D eigenvalue weighted by atomic mass is 10.3. The zero-order valence-corrected chi connectivity index (χ0v) is 17.0. The Morgan fingerprint density at radius 3 is 2.55 bits per heavy atom. The number of hydrogen-bond donors (Lipinski definition) is 1. The van der Waals surface area contributed by atoms with Crippen LogP contribution in [0.15, 0.2) is 71.9 Å². The SMILES string of the molecule is CCN(c1ccccc1)S(=O)(=O)c1ccc(OC)c(NC(=O)Cn2cccn2)c1. The molecule has 0 atom stereocenters. The van der Waals surface area contributed by atoms with Gasteiger partial charge in [0.25, 0.3) is 10.0 Å². The van der Waals surface area contributed by atoms with Gasteiger partial charge in [-0.2, -0.15) is 5.10 Å². The topological polar surface area (TPSA) is 93.5 Å². The third-order valence-corrected chi connectivity index (χ3v) is 6.13. The largest absolute Gasteiger partial charge is 0.495 e. The molecule has 0 unspecified atom stereocenters. The zero-order valence-electron chi connectivity index (χ0n) is 16.1. The third kappa shape index (κ3) is 4.57. The molecule has 0 radical (unpaired) electrons. The molecule has 0 aliphatic heterocycles. The smallest absolute Gasteiger partial charge is 0.264 e. The molecule has 0 aliphatic rings. The van der Waals surface area contributed by atoms with Gasteiger partial charge >= 0.3 is 0 Å². The zero-order chi connectivity index (χ0) is 20.9. The number of benzene rings is 2. The minimum absolute atomic E-state index is 0.00175. The number of aromatic nitrogens is 2. The Morgan fingerprint density at radius 1 is 1.17 bits per heavy atom. The summed E-state index contributed by atoms with van der Waals surface area (Å²) >= 11 is 0. The number of carbonyl (C=O) groups is 1. The van der Waals surface area contributed by atoms with E-state index in [1.165, 1.54) is 34.3 Å². The highest BCUT2D eigenvalue weighted by molar-refractivity contribution is 7.92. The molecule has 0 spiro atoms. The Bertz CT molecular complexity index is 1070. The van der Waals surface area contributed by atoms with Crippen molar-refractivity contribution in [3.8, 4) is 5.75 Å². The van der Waals surface area contributed by atoms with Gasteiger partial charge in [-0.05, 0) is 43.3 Å². The maximum Gasteiger partial charge on any atom is 0.264 e. The summed E-state index contributed by atoms with van der Waals surface area (Å²) in [6.45, 7) is 2.03. The Labute approximate surface area is 169 Å². The number of amides is 1. The second kappa shape index (κ2) is 8.78. The number of carbonyl (C=O) groups excluding carboxylic acids is 1. The maximum absolute atomic E-state index is 13.2. The standard InChI is InChI=1S/C20H22N4O4S/c1-3-24(16-8-5-4-6-9-16)29(26,27)17-10-11-19(28-2)18(14-17)22-20(25)15-23-13-7-12-21-23/h4-14H,3,15H2,1-2H3,(H,22,25). The van der Waals surface area contributed by atoms with Crippen LogP contribution in [0.4, 0.5) is 11.4 Å².